The fourth-order valence-corrected chi connectivity index (χ4v) is 1.72. The molecule has 0 bridgehead atoms. The summed E-state index contributed by atoms with van der Waals surface area (Å²) in [4.78, 5) is 8.37. The second-order valence-electron chi connectivity index (χ2n) is 4.49. The van der Waals surface area contributed by atoms with E-state index in [0.717, 1.165) is 17.1 Å². The largest absolute Gasteiger partial charge is 2.00 e. The molecule has 0 saturated carbocycles. The first-order valence-corrected chi connectivity index (χ1v) is 6.78. The van der Waals surface area contributed by atoms with Crippen molar-refractivity contribution in [2.45, 2.75) is 6.92 Å². The number of rotatable bonds is 2. The molecule has 2 aromatic heterocycles. The maximum atomic E-state index is 4.19. The molecule has 0 atom stereocenters. The fourth-order valence-electron chi connectivity index (χ4n) is 1.72. The van der Waals surface area contributed by atoms with Crippen LogP contribution < -0.4 is 0 Å². The number of benzene rings is 1. The van der Waals surface area contributed by atoms with Crippen LogP contribution in [0.15, 0.2) is 73.1 Å². The van der Waals surface area contributed by atoms with Crippen LogP contribution in [0.25, 0.3) is 16.7 Å². The van der Waals surface area contributed by atoms with Crippen LogP contribution in [-0.4, -0.2) is 17.0 Å². The van der Waals surface area contributed by atoms with Gasteiger partial charge in [0.05, 0.1) is 11.4 Å². The third kappa shape index (κ3) is 7.07. The fraction of sp³-hybridized carbons (Fsp3) is 0.105. The van der Waals surface area contributed by atoms with Crippen molar-refractivity contribution in [3.05, 3.63) is 91.4 Å². The first-order chi connectivity index (χ1) is 10.3. The van der Waals surface area contributed by atoms with Crippen LogP contribution in [0.2, 0.25) is 0 Å². The Morgan fingerprint density at radius 2 is 1.22 bits per heavy atom. The van der Waals surface area contributed by atoms with E-state index in [-0.39, 0.29) is 23.9 Å². The van der Waals surface area contributed by atoms with Gasteiger partial charge in [-0.1, -0.05) is 42.0 Å². The average Bonchev–Trinajstić information content (AvgIpc) is 2.58. The van der Waals surface area contributed by atoms with Crippen LogP contribution in [-0.2, 0) is 16.5 Å². The smallest absolute Gasteiger partial charge is 0.687 e. The van der Waals surface area contributed by atoms with Crippen molar-refractivity contribution in [3.63, 3.8) is 0 Å². The van der Waals surface area contributed by atoms with Crippen molar-refractivity contribution in [2.24, 2.45) is 0 Å². The van der Waals surface area contributed by atoms with E-state index in [4.69, 9.17) is 0 Å². The third-order valence-corrected chi connectivity index (χ3v) is 2.88. The number of hydrogen-bond donors (Lipinski definition) is 0. The zero-order chi connectivity index (χ0) is 14.9. The maximum absolute atomic E-state index is 4.19. The summed E-state index contributed by atoms with van der Waals surface area (Å²) in [7, 11) is 1.80. The van der Waals surface area contributed by atoms with Crippen LogP contribution in [0.1, 0.15) is 5.56 Å². The number of aromatic nitrogens is 2. The second kappa shape index (κ2) is 11.4. The first-order valence-electron chi connectivity index (χ1n) is 6.78. The van der Waals surface area contributed by atoms with E-state index < -0.39 is 0 Å². The van der Waals surface area contributed by atoms with Gasteiger partial charge in [-0.3, -0.25) is 9.97 Å². The number of aryl methyl sites for hydroxylation is 1. The third-order valence-electron chi connectivity index (χ3n) is 2.88. The summed E-state index contributed by atoms with van der Waals surface area (Å²) in [5.41, 5.74) is 4.15. The van der Waals surface area contributed by atoms with E-state index in [1.807, 2.05) is 48.5 Å². The molecule has 2 heterocycles. The molecular formula is C19H21N3Ni. The first kappa shape index (κ1) is 20.8. The summed E-state index contributed by atoms with van der Waals surface area (Å²) in [6, 6.07) is 19.7. The van der Waals surface area contributed by atoms with Crippen LogP contribution in [0.4, 0.5) is 5.69 Å². The number of pyridine rings is 2. The SMILES string of the molecule is C[N-]c1ccc(C)cc1.[CH3-].[Ni+2].c1ccc(-c2ccccn2)nc1. The Balaban J connectivity index is 0.000000401. The molecule has 1 aromatic carbocycles. The molecule has 23 heavy (non-hydrogen) atoms. The van der Waals surface area contributed by atoms with Crippen molar-refractivity contribution in [1.29, 1.82) is 0 Å². The molecule has 3 nitrogen and oxygen atoms in total. The summed E-state index contributed by atoms with van der Waals surface area (Å²) in [6.07, 6.45) is 3.54. The molecule has 0 amide bonds. The van der Waals surface area contributed by atoms with Crippen LogP contribution in [0, 0.1) is 14.4 Å². The van der Waals surface area contributed by atoms with Crippen LogP contribution in [0.5, 0.6) is 0 Å². The topological polar surface area (TPSA) is 39.9 Å². The van der Waals surface area contributed by atoms with E-state index >= 15 is 0 Å². The number of nitrogens with zero attached hydrogens (tertiary/aromatic N) is 3. The molecule has 3 aromatic rings. The molecule has 0 aliphatic heterocycles. The number of hydrogen-bond acceptors (Lipinski definition) is 2. The Morgan fingerprint density at radius 1 is 0.739 bits per heavy atom. The predicted molar refractivity (Wildman–Crippen MR) is 94.0 cm³/mol. The Hall–Kier alpha value is -2.19. The Kier molecular flexibility index (Phi) is 10.3. The van der Waals surface area contributed by atoms with Gasteiger partial charge in [-0.15, -0.1) is 12.7 Å². The maximum Gasteiger partial charge on any atom is 2.00 e. The van der Waals surface area contributed by atoms with Gasteiger partial charge in [-0.25, -0.2) is 0 Å². The summed E-state index contributed by atoms with van der Waals surface area (Å²) >= 11 is 0. The van der Waals surface area contributed by atoms with Gasteiger partial charge in [0.25, 0.3) is 0 Å². The van der Waals surface area contributed by atoms with E-state index in [0.29, 0.717) is 0 Å². The molecule has 0 aliphatic carbocycles. The summed E-state index contributed by atoms with van der Waals surface area (Å²) < 4.78 is 0. The molecular weight excluding hydrogens is 329 g/mol. The predicted octanol–water partition coefficient (Wildman–Crippen LogP) is 5.22. The summed E-state index contributed by atoms with van der Waals surface area (Å²) in [5.74, 6) is 0. The van der Waals surface area contributed by atoms with Gasteiger partial charge in [0.15, 0.2) is 0 Å². The molecule has 0 unspecified atom stereocenters. The molecule has 0 N–H and O–H groups in total. The van der Waals surface area contributed by atoms with Crippen molar-refractivity contribution in [2.75, 3.05) is 7.05 Å². The van der Waals surface area contributed by atoms with Crippen LogP contribution >= 0.6 is 0 Å². The van der Waals surface area contributed by atoms with E-state index in [2.05, 4.69) is 34.3 Å². The molecule has 0 fully saturated rings. The van der Waals surface area contributed by atoms with Gasteiger partial charge >= 0.3 is 16.5 Å². The van der Waals surface area contributed by atoms with E-state index in [1.54, 1.807) is 19.4 Å². The second-order valence-corrected chi connectivity index (χ2v) is 4.49. The monoisotopic (exact) mass is 349 g/mol. The van der Waals surface area contributed by atoms with Crippen molar-refractivity contribution in [3.8, 4) is 11.4 Å². The minimum absolute atomic E-state index is 0. The molecule has 3 rings (SSSR count). The Bertz CT molecular complexity index is 603. The standard InChI is InChI=1S/C10H8N2.C8H10N.CH3.Ni/c1-3-7-11-9(5-1)10-6-2-4-8-12-10;1-7-3-5-8(9-2)6-4-7;;/h1-8H;3-6H,1-2H3;1H3;/q;2*-1;+2. The van der Waals surface area contributed by atoms with Crippen molar-refractivity contribution >= 4 is 5.69 Å². The van der Waals surface area contributed by atoms with Crippen molar-refractivity contribution in [1.82, 2.24) is 9.97 Å². The van der Waals surface area contributed by atoms with Gasteiger partial charge < -0.3 is 12.7 Å². The normalized spacial score (nSPS) is 8.61. The zero-order valence-electron chi connectivity index (χ0n) is 13.6. The average molecular weight is 350 g/mol. The van der Waals surface area contributed by atoms with Gasteiger partial charge in [0, 0.05) is 12.4 Å². The van der Waals surface area contributed by atoms with Crippen molar-refractivity contribution < 1.29 is 16.5 Å². The van der Waals surface area contributed by atoms with Gasteiger partial charge in [-0.05, 0) is 31.2 Å². The Morgan fingerprint density at radius 3 is 1.57 bits per heavy atom. The molecule has 4 heteroatoms. The molecule has 0 aliphatic rings. The molecule has 0 spiro atoms. The zero-order valence-corrected chi connectivity index (χ0v) is 14.6. The minimum Gasteiger partial charge on any atom is -0.687 e. The minimum atomic E-state index is 0. The van der Waals surface area contributed by atoms with Gasteiger partial charge in [0.1, 0.15) is 0 Å². The quantitative estimate of drug-likeness (QED) is 0.470. The van der Waals surface area contributed by atoms with E-state index in [1.165, 1.54) is 5.56 Å². The molecule has 122 valence electrons. The molecule has 0 radical (unpaired) electrons. The van der Waals surface area contributed by atoms with Crippen LogP contribution in [0.3, 0.4) is 0 Å². The Labute approximate surface area is 149 Å². The van der Waals surface area contributed by atoms with Gasteiger partial charge in [0.2, 0.25) is 0 Å². The van der Waals surface area contributed by atoms with Gasteiger partial charge in [-0.2, -0.15) is 0 Å². The molecule has 0 saturated heterocycles. The summed E-state index contributed by atoms with van der Waals surface area (Å²) in [6.45, 7) is 2.07. The summed E-state index contributed by atoms with van der Waals surface area (Å²) in [5, 5.41) is 4.01. The van der Waals surface area contributed by atoms with E-state index in [9.17, 15) is 0 Å².